The summed E-state index contributed by atoms with van der Waals surface area (Å²) in [6.07, 6.45) is 0.866. The molecule has 1 aliphatic carbocycles. The maximum absolute atomic E-state index is 12.3. The smallest absolute Gasteiger partial charge is 0.290 e. The molecule has 1 aliphatic rings. The lowest BCUT2D eigenvalue weighted by Gasteiger charge is -2.34. The average molecular weight is 416 g/mol. The molecule has 0 aromatic carbocycles. The van der Waals surface area contributed by atoms with E-state index < -0.39 is 11.6 Å². The lowest BCUT2D eigenvalue weighted by Crippen LogP contribution is -2.53. The lowest BCUT2D eigenvalue weighted by atomic mass is 9.83. The number of aliphatic hydroxyl groups excluding tert-OH is 2. The van der Waals surface area contributed by atoms with Crippen LogP contribution in [0.4, 0.5) is 0 Å². The zero-order chi connectivity index (χ0) is 21.3. The van der Waals surface area contributed by atoms with Crippen LogP contribution in [-0.4, -0.2) is 62.9 Å². The predicted octanol–water partition coefficient (Wildman–Crippen LogP) is 0.228. The fraction of sp³-hybridized carbons (Fsp3) is 0.667. The summed E-state index contributed by atoms with van der Waals surface area (Å²) in [6, 6.07) is -0.345. The maximum Gasteiger partial charge on any atom is 0.290 e. The Kier molecular flexibility index (Phi) is 9.50. The number of aliphatic hydroxyl groups is 2. The molecule has 0 aliphatic heterocycles. The highest BCUT2D eigenvalue weighted by molar-refractivity contribution is 7.09. The van der Waals surface area contributed by atoms with Crippen LogP contribution < -0.4 is 10.6 Å². The van der Waals surface area contributed by atoms with Gasteiger partial charge in [-0.2, -0.15) is 0 Å². The van der Waals surface area contributed by atoms with Gasteiger partial charge in [0.05, 0.1) is 41.4 Å². The quantitative estimate of drug-likeness (QED) is 0.418. The highest BCUT2D eigenvalue weighted by atomic mass is 32.1. The molecule has 1 heterocycles. The molecule has 9 nitrogen and oxygen atoms in total. The van der Waals surface area contributed by atoms with Gasteiger partial charge in [-0.3, -0.25) is 14.4 Å². The molecule has 0 radical (unpaired) electrons. The molecule has 1 saturated carbocycles. The van der Waals surface area contributed by atoms with Gasteiger partial charge >= 0.3 is 0 Å². The van der Waals surface area contributed by atoms with Crippen LogP contribution in [0, 0.1) is 12.8 Å². The van der Waals surface area contributed by atoms with E-state index in [4.69, 9.17) is 9.90 Å². The molecule has 2 rings (SSSR count). The first-order chi connectivity index (χ1) is 13.1. The van der Waals surface area contributed by atoms with Crippen LogP contribution in [-0.2, 0) is 20.8 Å². The van der Waals surface area contributed by atoms with E-state index >= 15 is 0 Å². The standard InChI is InChI=1S/C17H27N3O4S.CH2O2/c1-10-18-12(8-25-10)7-15(23)19-13-5-4-11(6-14(13)22)16(24)20-17(2,3)9-21;2-1-3/h8,11,13-14,21-22H,4-7,9H2,1-3H3,(H,19,23)(H,20,24);1H,(H,2,3)/t11-,13+,14+;/m0./s1. The molecule has 5 N–H and O–H groups in total. The van der Waals surface area contributed by atoms with Crippen LogP contribution in [0.15, 0.2) is 5.38 Å². The molecule has 1 aromatic rings. The van der Waals surface area contributed by atoms with Gasteiger partial charge in [-0.05, 0) is 40.0 Å². The monoisotopic (exact) mass is 415 g/mol. The number of rotatable bonds is 6. The first kappa shape index (κ1) is 24.0. The molecule has 0 spiro atoms. The molecule has 0 saturated heterocycles. The second kappa shape index (κ2) is 11.1. The van der Waals surface area contributed by atoms with E-state index in [0.717, 1.165) is 10.7 Å². The molecule has 10 heteroatoms. The zero-order valence-corrected chi connectivity index (χ0v) is 17.2. The highest BCUT2D eigenvalue weighted by Crippen LogP contribution is 2.26. The molecule has 0 bridgehead atoms. The number of nitrogens with one attached hydrogen (secondary N) is 2. The van der Waals surface area contributed by atoms with Gasteiger partial charge in [0.1, 0.15) is 0 Å². The van der Waals surface area contributed by atoms with Crippen molar-refractivity contribution >= 4 is 29.6 Å². The van der Waals surface area contributed by atoms with Gasteiger partial charge in [-0.25, -0.2) is 4.98 Å². The number of carbonyl (C=O) groups is 3. The Hall–Kier alpha value is -2.04. The van der Waals surface area contributed by atoms with Crippen LogP contribution in [0.2, 0.25) is 0 Å². The van der Waals surface area contributed by atoms with E-state index in [1.807, 2.05) is 12.3 Å². The van der Waals surface area contributed by atoms with E-state index in [9.17, 15) is 19.8 Å². The first-order valence-corrected chi connectivity index (χ1v) is 9.89. The number of carboxylic acid groups (broad SMARTS) is 1. The molecule has 1 fully saturated rings. The van der Waals surface area contributed by atoms with Crippen molar-refractivity contribution in [2.75, 3.05) is 6.61 Å². The van der Waals surface area contributed by atoms with Gasteiger partial charge in [0.25, 0.3) is 6.47 Å². The number of aryl methyl sites for hydroxylation is 1. The van der Waals surface area contributed by atoms with Gasteiger partial charge in [0.2, 0.25) is 11.8 Å². The van der Waals surface area contributed by atoms with Gasteiger partial charge in [0.15, 0.2) is 0 Å². The second-order valence-corrected chi connectivity index (χ2v) is 8.48. The highest BCUT2D eigenvalue weighted by Gasteiger charge is 2.35. The van der Waals surface area contributed by atoms with Crippen LogP contribution in [0.3, 0.4) is 0 Å². The third-order valence-corrected chi connectivity index (χ3v) is 5.22. The summed E-state index contributed by atoms with van der Waals surface area (Å²) in [5, 5.41) is 34.9. The van der Waals surface area contributed by atoms with Crippen molar-refractivity contribution in [3.05, 3.63) is 16.1 Å². The molecule has 3 atom stereocenters. The Labute approximate surface area is 168 Å². The second-order valence-electron chi connectivity index (χ2n) is 7.42. The summed E-state index contributed by atoms with van der Waals surface area (Å²) >= 11 is 1.50. The number of hydrogen-bond donors (Lipinski definition) is 5. The molecule has 0 unspecified atom stereocenters. The summed E-state index contributed by atoms with van der Waals surface area (Å²) in [5.41, 5.74) is 0.0486. The summed E-state index contributed by atoms with van der Waals surface area (Å²) in [6.45, 7) is 4.98. The average Bonchev–Trinajstić information content (AvgIpc) is 3.01. The largest absolute Gasteiger partial charge is 0.483 e. The van der Waals surface area contributed by atoms with Crippen molar-refractivity contribution in [3.63, 3.8) is 0 Å². The lowest BCUT2D eigenvalue weighted by molar-refractivity contribution is -0.130. The van der Waals surface area contributed by atoms with Crippen molar-refractivity contribution in [2.24, 2.45) is 5.92 Å². The van der Waals surface area contributed by atoms with Gasteiger partial charge in [0, 0.05) is 11.3 Å². The molecule has 158 valence electrons. The topological polar surface area (TPSA) is 149 Å². The summed E-state index contributed by atoms with van der Waals surface area (Å²) in [7, 11) is 0. The molecule has 2 amide bonds. The molecule has 1 aromatic heterocycles. The van der Waals surface area contributed by atoms with Crippen LogP contribution >= 0.6 is 11.3 Å². The van der Waals surface area contributed by atoms with Crippen LogP contribution in [0.5, 0.6) is 0 Å². The van der Waals surface area contributed by atoms with Crippen molar-refractivity contribution in [1.29, 1.82) is 0 Å². The minimum absolute atomic E-state index is 0.150. The minimum Gasteiger partial charge on any atom is -0.483 e. The van der Waals surface area contributed by atoms with Crippen molar-refractivity contribution in [2.45, 2.75) is 64.1 Å². The van der Waals surface area contributed by atoms with Crippen molar-refractivity contribution in [3.8, 4) is 0 Å². The van der Waals surface area contributed by atoms with E-state index in [2.05, 4.69) is 15.6 Å². The fourth-order valence-corrected chi connectivity index (χ4v) is 3.55. The summed E-state index contributed by atoms with van der Waals surface area (Å²) in [5.74, 6) is -0.644. The fourth-order valence-electron chi connectivity index (χ4n) is 2.94. The molecule has 28 heavy (non-hydrogen) atoms. The molecular formula is C18H29N3O6S. The number of carbonyl (C=O) groups excluding carboxylic acids is 2. The van der Waals surface area contributed by atoms with E-state index in [0.29, 0.717) is 19.3 Å². The number of aromatic nitrogens is 1. The van der Waals surface area contributed by atoms with Crippen LogP contribution in [0.1, 0.15) is 43.8 Å². The Bertz CT molecular complexity index is 664. The number of amides is 2. The normalized spacial score (nSPS) is 21.8. The Morgan fingerprint density at radius 3 is 2.54 bits per heavy atom. The third kappa shape index (κ3) is 7.91. The third-order valence-electron chi connectivity index (χ3n) is 4.40. The predicted molar refractivity (Wildman–Crippen MR) is 104 cm³/mol. The SMILES string of the molecule is Cc1nc(CC(=O)N[C@@H]2CC[C@H](C(=O)NC(C)(C)CO)C[C@H]2O)cs1.O=CO. The Morgan fingerprint density at radius 1 is 1.39 bits per heavy atom. The number of thiazole rings is 1. The number of nitrogens with zero attached hydrogens (tertiary/aromatic N) is 1. The zero-order valence-electron chi connectivity index (χ0n) is 16.3. The molecular weight excluding hydrogens is 386 g/mol. The number of hydrogen-bond acceptors (Lipinski definition) is 7. The van der Waals surface area contributed by atoms with Crippen molar-refractivity contribution < 1.29 is 29.7 Å². The van der Waals surface area contributed by atoms with Gasteiger partial charge < -0.3 is 26.0 Å². The van der Waals surface area contributed by atoms with E-state index in [1.54, 1.807) is 13.8 Å². The summed E-state index contributed by atoms with van der Waals surface area (Å²) in [4.78, 5) is 37.0. The maximum atomic E-state index is 12.3. The van der Waals surface area contributed by atoms with Crippen molar-refractivity contribution in [1.82, 2.24) is 15.6 Å². The minimum atomic E-state index is -0.761. The Balaban J connectivity index is 0.00000122. The van der Waals surface area contributed by atoms with E-state index in [1.165, 1.54) is 11.3 Å². The van der Waals surface area contributed by atoms with Gasteiger partial charge in [-0.15, -0.1) is 11.3 Å². The Morgan fingerprint density at radius 2 is 2.04 bits per heavy atom. The van der Waals surface area contributed by atoms with E-state index in [-0.39, 0.29) is 43.3 Å². The summed E-state index contributed by atoms with van der Waals surface area (Å²) < 4.78 is 0. The van der Waals surface area contributed by atoms with Gasteiger partial charge in [-0.1, -0.05) is 0 Å². The van der Waals surface area contributed by atoms with Crippen LogP contribution in [0.25, 0.3) is 0 Å². The first-order valence-electron chi connectivity index (χ1n) is 9.01.